The molecule has 0 amide bonds. The Morgan fingerprint density at radius 3 is 2.29 bits per heavy atom. The van der Waals surface area contributed by atoms with Crippen molar-refractivity contribution in [2.75, 3.05) is 19.8 Å². The Hall–Kier alpha value is -1.36. The molecule has 0 bridgehead atoms. The molecule has 0 fully saturated rings. The Bertz CT molecular complexity index is 301. The van der Waals surface area contributed by atoms with Gasteiger partial charge in [-0.2, -0.15) is 0 Å². The summed E-state index contributed by atoms with van der Waals surface area (Å²) in [4.78, 5) is 23.4. The molecule has 0 rings (SSSR count). The SMILES string of the molecule is C=CCO[C@H](CCC(=O)OCCCC)C(=O)OCCCC. The highest BCUT2D eigenvalue weighted by Crippen LogP contribution is 2.08. The molecular formula is C16H28O5. The van der Waals surface area contributed by atoms with Crippen molar-refractivity contribution >= 4 is 11.9 Å². The number of ether oxygens (including phenoxy) is 3. The Labute approximate surface area is 127 Å². The van der Waals surface area contributed by atoms with Gasteiger partial charge in [-0.3, -0.25) is 4.79 Å². The van der Waals surface area contributed by atoms with E-state index < -0.39 is 12.1 Å². The minimum atomic E-state index is -0.737. The highest BCUT2D eigenvalue weighted by Gasteiger charge is 2.21. The van der Waals surface area contributed by atoms with E-state index in [1.54, 1.807) is 6.08 Å². The molecule has 0 N–H and O–H groups in total. The van der Waals surface area contributed by atoms with Gasteiger partial charge in [0.15, 0.2) is 6.10 Å². The number of esters is 2. The van der Waals surface area contributed by atoms with Crippen molar-refractivity contribution in [3.05, 3.63) is 12.7 Å². The van der Waals surface area contributed by atoms with Crippen LogP contribution in [0.2, 0.25) is 0 Å². The van der Waals surface area contributed by atoms with Gasteiger partial charge in [-0.05, 0) is 19.3 Å². The molecule has 1 atom stereocenters. The molecule has 0 aliphatic heterocycles. The lowest BCUT2D eigenvalue weighted by Crippen LogP contribution is -2.28. The van der Waals surface area contributed by atoms with E-state index >= 15 is 0 Å². The van der Waals surface area contributed by atoms with Crippen LogP contribution in [0.3, 0.4) is 0 Å². The maximum atomic E-state index is 11.9. The summed E-state index contributed by atoms with van der Waals surface area (Å²) < 4.78 is 15.5. The summed E-state index contributed by atoms with van der Waals surface area (Å²) in [5.74, 6) is -0.733. The van der Waals surface area contributed by atoms with E-state index in [0.29, 0.717) is 13.2 Å². The van der Waals surface area contributed by atoms with Gasteiger partial charge in [-0.15, -0.1) is 6.58 Å². The molecule has 122 valence electrons. The molecule has 5 nitrogen and oxygen atoms in total. The van der Waals surface area contributed by atoms with Crippen molar-refractivity contribution in [3.63, 3.8) is 0 Å². The Morgan fingerprint density at radius 1 is 1.10 bits per heavy atom. The third-order valence-electron chi connectivity index (χ3n) is 2.79. The van der Waals surface area contributed by atoms with Crippen LogP contribution < -0.4 is 0 Å². The second kappa shape index (κ2) is 13.6. The van der Waals surface area contributed by atoms with Crippen LogP contribution in [-0.4, -0.2) is 37.9 Å². The fourth-order valence-corrected chi connectivity index (χ4v) is 1.51. The van der Waals surface area contributed by atoms with E-state index in [1.165, 1.54) is 0 Å². The van der Waals surface area contributed by atoms with Gasteiger partial charge < -0.3 is 14.2 Å². The van der Waals surface area contributed by atoms with Crippen LogP contribution in [0.4, 0.5) is 0 Å². The average Bonchev–Trinajstić information content (AvgIpc) is 2.47. The normalized spacial score (nSPS) is 11.7. The molecule has 0 aliphatic rings. The van der Waals surface area contributed by atoms with Gasteiger partial charge in [0.05, 0.1) is 19.8 Å². The first-order valence-electron chi connectivity index (χ1n) is 7.70. The first kappa shape index (κ1) is 19.6. The molecule has 0 aromatic heterocycles. The standard InChI is InChI=1S/C16H28O5/c1-4-7-12-20-15(17)10-9-14(19-11-6-3)16(18)21-13-8-5-2/h6,14H,3-5,7-13H2,1-2H3/t14-/m1/s1. The summed E-state index contributed by atoms with van der Waals surface area (Å²) in [6, 6.07) is 0. The van der Waals surface area contributed by atoms with E-state index in [1.807, 2.05) is 13.8 Å². The second-order valence-corrected chi connectivity index (χ2v) is 4.74. The van der Waals surface area contributed by atoms with Crippen LogP contribution in [-0.2, 0) is 23.8 Å². The number of carbonyl (C=O) groups excluding carboxylic acids is 2. The fourth-order valence-electron chi connectivity index (χ4n) is 1.51. The van der Waals surface area contributed by atoms with E-state index in [9.17, 15) is 9.59 Å². The van der Waals surface area contributed by atoms with Gasteiger partial charge in [0.25, 0.3) is 0 Å². The summed E-state index contributed by atoms with van der Waals surface area (Å²) in [6.45, 7) is 8.64. The average molecular weight is 300 g/mol. The lowest BCUT2D eigenvalue weighted by molar-refractivity contribution is -0.158. The Morgan fingerprint density at radius 2 is 1.71 bits per heavy atom. The van der Waals surface area contributed by atoms with Crippen molar-refractivity contribution in [3.8, 4) is 0 Å². The van der Waals surface area contributed by atoms with Gasteiger partial charge in [-0.1, -0.05) is 32.8 Å². The zero-order valence-electron chi connectivity index (χ0n) is 13.3. The summed E-state index contributed by atoms with van der Waals surface area (Å²) >= 11 is 0. The predicted octanol–water partition coefficient (Wildman–Crippen LogP) is 3.02. The van der Waals surface area contributed by atoms with E-state index in [0.717, 1.165) is 25.7 Å². The van der Waals surface area contributed by atoms with E-state index in [2.05, 4.69) is 6.58 Å². The number of carbonyl (C=O) groups is 2. The van der Waals surface area contributed by atoms with Crippen LogP contribution in [0, 0.1) is 0 Å². The van der Waals surface area contributed by atoms with E-state index in [4.69, 9.17) is 14.2 Å². The van der Waals surface area contributed by atoms with Gasteiger partial charge in [-0.25, -0.2) is 4.79 Å². The Kier molecular flexibility index (Phi) is 12.7. The van der Waals surface area contributed by atoms with Crippen molar-refractivity contribution in [2.45, 2.75) is 58.5 Å². The van der Waals surface area contributed by atoms with Crippen LogP contribution in [0.25, 0.3) is 0 Å². The summed E-state index contributed by atoms with van der Waals surface area (Å²) in [5.41, 5.74) is 0. The van der Waals surface area contributed by atoms with Crippen LogP contribution in [0.5, 0.6) is 0 Å². The third kappa shape index (κ3) is 11.0. The monoisotopic (exact) mass is 300 g/mol. The quantitative estimate of drug-likeness (QED) is 0.297. The number of rotatable bonds is 13. The fraction of sp³-hybridized carbons (Fsp3) is 0.750. The number of hydrogen-bond acceptors (Lipinski definition) is 5. The van der Waals surface area contributed by atoms with Gasteiger partial charge in [0, 0.05) is 6.42 Å². The molecule has 0 aromatic rings. The lowest BCUT2D eigenvalue weighted by atomic mass is 10.2. The molecule has 0 aromatic carbocycles. The molecule has 0 saturated heterocycles. The summed E-state index contributed by atoms with van der Waals surface area (Å²) in [6.07, 6.45) is 4.83. The molecule has 0 aliphatic carbocycles. The van der Waals surface area contributed by atoms with Crippen LogP contribution in [0.15, 0.2) is 12.7 Å². The summed E-state index contributed by atoms with van der Waals surface area (Å²) in [5, 5.41) is 0. The van der Waals surface area contributed by atoms with Crippen LogP contribution in [0.1, 0.15) is 52.4 Å². The lowest BCUT2D eigenvalue weighted by Gasteiger charge is -2.15. The summed E-state index contributed by atoms with van der Waals surface area (Å²) in [7, 11) is 0. The highest BCUT2D eigenvalue weighted by molar-refractivity contribution is 5.76. The van der Waals surface area contributed by atoms with Crippen molar-refractivity contribution in [2.24, 2.45) is 0 Å². The van der Waals surface area contributed by atoms with Gasteiger partial charge >= 0.3 is 11.9 Å². The minimum Gasteiger partial charge on any atom is -0.466 e. The maximum absolute atomic E-state index is 11.9. The molecular weight excluding hydrogens is 272 g/mol. The van der Waals surface area contributed by atoms with Crippen LogP contribution >= 0.6 is 0 Å². The number of unbranched alkanes of at least 4 members (excludes halogenated alkanes) is 2. The Balaban J connectivity index is 4.12. The van der Waals surface area contributed by atoms with Gasteiger partial charge in [0.2, 0.25) is 0 Å². The first-order valence-corrected chi connectivity index (χ1v) is 7.70. The van der Waals surface area contributed by atoms with Crippen molar-refractivity contribution in [1.29, 1.82) is 0 Å². The molecule has 5 heteroatoms. The number of hydrogen-bond donors (Lipinski definition) is 0. The van der Waals surface area contributed by atoms with Gasteiger partial charge in [0.1, 0.15) is 0 Å². The smallest absolute Gasteiger partial charge is 0.335 e. The molecule has 0 radical (unpaired) electrons. The van der Waals surface area contributed by atoms with E-state index in [-0.39, 0.29) is 25.4 Å². The van der Waals surface area contributed by atoms with Crippen molar-refractivity contribution in [1.82, 2.24) is 0 Å². The van der Waals surface area contributed by atoms with Crippen molar-refractivity contribution < 1.29 is 23.8 Å². The maximum Gasteiger partial charge on any atom is 0.335 e. The highest BCUT2D eigenvalue weighted by atomic mass is 16.6. The molecule has 0 unspecified atom stereocenters. The third-order valence-corrected chi connectivity index (χ3v) is 2.79. The zero-order chi connectivity index (χ0) is 15.9. The first-order chi connectivity index (χ1) is 10.2. The topological polar surface area (TPSA) is 61.8 Å². The molecule has 0 heterocycles. The minimum absolute atomic E-state index is 0.147. The molecule has 21 heavy (non-hydrogen) atoms. The zero-order valence-corrected chi connectivity index (χ0v) is 13.3. The second-order valence-electron chi connectivity index (χ2n) is 4.74. The largest absolute Gasteiger partial charge is 0.466 e. The molecule has 0 saturated carbocycles. The predicted molar refractivity (Wildman–Crippen MR) is 80.9 cm³/mol. The molecule has 0 spiro atoms.